The minimum absolute atomic E-state index is 0.0641. The van der Waals surface area contributed by atoms with Gasteiger partial charge in [-0.2, -0.15) is 8.78 Å². The Morgan fingerprint density at radius 2 is 1.89 bits per heavy atom. The van der Waals surface area contributed by atoms with Gasteiger partial charge < -0.3 is 4.74 Å². The van der Waals surface area contributed by atoms with Crippen LogP contribution in [0.15, 0.2) is 30.3 Å². The third kappa shape index (κ3) is 4.47. The predicted octanol–water partition coefficient (Wildman–Crippen LogP) is 4.02. The smallest absolute Gasteiger partial charge is 0.381 e. The van der Waals surface area contributed by atoms with Crippen LogP contribution >= 0.6 is 0 Å². The molecular formula is C15H18F2O2. The van der Waals surface area contributed by atoms with Crippen LogP contribution in [-0.2, 0) is 9.53 Å². The van der Waals surface area contributed by atoms with Gasteiger partial charge >= 0.3 is 11.9 Å². The zero-order chi connectivity index (χ0) is 14.5. The van der Waals surface area contributed by atoms with Gasteiger partial charge in [-0.25, -0.2) is 4.79 Å². The van der Waals surface area contributed by atoms with Crippen molar-refractivity contribution in [2.75, 3.05) is 6.61 Å². The molecule has 19 heavy (non-hydrogen) atoms. The van der Waals surface area contributed by atoms with Gasteiger partial charge in [-0.15, -0.1) is 0 Å². The largest absolute Gasteiger partial charge is 0.461 e. The summed E-state index contributed by atoms with van der Waals surface area (Å²) in [5, 5.41) is 0. The monoisotopic (exact) mass is 268 g/mol. The number of hydrogen-bond acceptors (Lipinski definition) is 2. The van der Waals surface area contributed by atoms with Gasteiger partial charge in [0.1, 0.15) is 0 Å². The van der Waals surface area contributed by atoms with Gasteiger partial charge in [0.05, 0.1) is 6.61 Å². The van der Waals surface area contributed by atoms with E-state index in [1.54, 1.807) is 12.1 Å². The summed E-state index contributed by atoms with van der Waals surface area (Å²) in [5.41, 5.74) is 1.75. The number of carbonyl (C=O) groups is 1. The summed E-state index contributed by atoms with van der Waals surface area (Å²) in [4.78, 5) is 11.0. The lowest BCUT2D eigenvalue weighted by molar-refractivity contribution is -0.164. The van der Waals surface area contributed by atoms with Crippen LogP contribution in [0.3, 0.4) is 0 Å². The highest BCUT2D eigenvalue weighted by molar-refractivity contribution is 5.81. The number of halogens is 2. The Labute approximate surface area is 112 Å². The van der Waals surface area contributed by atoms with Gasteiger partial charge in [0.2, 0.25) is 0 Å². The van der Waals surface area contributed by atoms with Crippen molar-refractivity contribution in [3.63, 3.8) is 0 Å². The van der Waals surface area contributed by atoms with E-state index in [-0.39, 0.29) is 6.61 Å². The summed E-state index contributed by atoms with van der Waals surface area (Å²) >= 11 is 0. The second kappa shape index (κ2) is 6.45. The van der Waals surface area contributed by atoms with E-state index in [4.69, 9.17) is 0 Å². The van der Waals surface area contributed by atoms with E-state index in [9.17, 15) is 13.6 Å². The highest BCUT2D eigenvalue weighted by Crippen LogP contribution is 2.20. The number of rotatable bonds is 5. The lowest BCUT2D eigenvalue weighted by Gasteiger charge is -2.10. The van der Waals surface area contributed by atoms with Crippen LogP contribution in [0.1, 0.15) is 37.8 Å². The van der Waals surface area contributed by atoms with E-state index < -0.39 is 11.9 Å². The zero-order valence-corrected chi connectivity index (χ0v) is 11.3. The Kier molecular flexibility index (Phi) is 5.21. The topological polar surface area (TPSA) is 26.3 Å². The number of ether oxygens (including phenoxy) is 1. The Morgan fingerprint density at radius 1 is 1.32 bits per heavy atom. The average molecular weight is 268 g/mol. The molecule has 0 aromatic heterocycles. The van der Waals surface area contributed by atoms with Crippen LogP contribution < -0.4 is 0 Å². The molecule has 0 amide bonds. The molecule has 0 saturated heterocycles. The average Bonchev–Trinajstić information content (AvgIpc) is 2.37. The molecule has 0 saturated carbocycles. The second-order valence-electron chi connectivity index (χ2n) is 4.50. The summed E-state index contributed by atoms with van der Waals surface area (Å²) in [6, 6.07) is 7.25. The molecule has 0 bridgehead atoms. The first kappa shape index (κ1) is 15.3. The van der Waals surface area contributed by atoms with Gasteiger partial charge in [0, 0.05) is 0 Å². The fourth-order valence-electron chi connectivity index (χ4n) is 1.49. The van der Waals surface area contributed by atoms with Gasteiger partial charge in [-0.05, 0) is 30.0 Å². The van der Waals surface area contributed by atoms with Crippen LogP contribution in [0.4, 0.5) is 8.78 Å². The molecule has 1 rings (SSSR count). The van der Waals surface area contributed by atoms with Crippen molar-refractivity contribution in [3.8, 4) is 0 Å². The van der Waals surface area contributed by atoms with Crippen molar-refractivity contribution in [2.24, 2.45) is 0 Å². The molecule has 0 aliphatic carbocycles. The Balaban J connectivity index is 2.78. The molecule has 0 atom stereocenters. The quantitative estimate of drug-likeness (QED) is 0.754. The second-order valence-corrected chi connectivity index (χ2v) is 4.50. The van der Waals surface area contributed by atoms with Gasteiger partial charge in [0.25, 0.3) is 0 Å². The minimum atomic E-state index is -3.59. The summed E-state index contributed by atoms with van der Waals surface area (Å²) in [6.07, 6.45) is 1.79. The molecule has 2 nitrogen and oxygen atoms in total. The zero-order valence-electron chi connectivity index (χ0n) is 11.3. The van der Waals surface area contributed by atoms with E-state index in [0.717, 1.165) is 5.56 Å². The fraction of sp³-hybridized carbons (Fsp3) is 0.400. The van der Waals surface area contributed by atoms with Gasteiger partial charge in [0.15, 0.2) is 0 Å². The van der Waals surface area contributed by atoms with Crippen LogP contribution in [0.25, 0.3) is 6.08 Å². The molecule has 4 heteroatoms. The molecule has 0 radical (unpaired) electrons. The van der Waals surface area contributed by atoms with Crippen molar-refractivity contribution in [1.29, 1.82) is 0 Å². The molecule has 0 fully saturated rings. The first-order valence-corrected chi connectivity index (χ1v) is 6.21. The molecule has 1 aromatic carbocycles. The third-order valence-corrected chi connectivity index (χ3v) is 2.64. The third-order valence-electron chi connectivity index (χ3n) is 2.64. The van der Waals surface area contributed by atoms with E-state index in [0.29, 0.717) is 17.6 Å². The summed E-state index contributed by atoms with van der Waals surface area (Å²) in [5.74, 6) is -4.73. The molecule has 0 N–H and O–H groups in total. The molecule has 0 unspecified atom stereocenters. The highest BCUT2D eigenvalue weighted by Gasteiger charge is 2.37. The lowest BCUT2D eigenvalue weighted by atomic mass is 10.0. The number of hydrogen-bond donors (Lipinski definition) is 0. The van der Waals surface area contributed by atoms with Gasteiger partial charge in [-0.1, -0.05) is 44.2 Å². The van der Waals surface area contributed by atoms with Crippen LogP contribution in [0.2, 0.25) is 0 Å². The van der Waals surface area contributed by atoms with Crippen molar-refractivity contribution in [2.45, 2.75) is 32.6 Å². The van der Waals surface area contributed by atoms with Crippen molar-refractivity contribution < 1.29 is 18.3 Å². The molecule has 0 spiro atoms. The van der Waals surface area contributed by atoms with Crippen LogP contribution in [-0.4, -0.2) is 18.5 Å². The SMILES string of the molecule is CCOC(=O)C(F)(F)/C=C\c1ccc(C(C)C)cc1. The normalized spacial score (nSPS) is 12.1. The van der Waals surface area contributed by atoms with E-state index in [1.165, 1.54) is 13.0 Å². The molecule has 1 aromatic rings. The molecule has 0 heterocycles. The summed E-state index contributed by atoms with van der Waals surface area (Å²) in [7, 11) is 0. The van der Waals surface area contributed by atoms with Crippen LogP contribution in [0.5, 0.6) is 0 Å². The Bertz CT molecular complexity index is 448. The molecule has 104 valence electrons. The van der Waals surface area contributed by atoms with Crippen molar-refractivity contribution in [3.05, 3.63) is 41.5 Å². The maximum Gasteiger partial charge on any atom is 0.381 e. The number of carbonyl (C=O) groups excluding carboxylic acids is 1. The van der Waals surface area contributed by atoms with Crippen molar-refractivity contribution in [1.82, 2.24) is 0 Å². The van der Waals surface area contributed by atoms with Gasteiger partial charge in [-0.3, -0.25) is 0 Å². The van der Waals surface area contributed by atoms with E-state index >= 15 is 0 Å². The summed E-state index contributed by atoms with van der Waals surface area (Å²) < 4.78 is 31.0. The van der Waals surface area contributed by atoms with Crippen LogP contribution in [0, 0.1) is 0 Å². The number of alkyl halides is 2. The first-order chi connectivity index (χ1) is 8.86. The molecular weight excluding hydrogens is 250 g/mol. The Morgan fingerprint density at radius 3 is 2.37 bits per heavy atom. The molecule has 0 aliphatic rings. The van der Waals surface area contributed by atoms with E-state index in [2.05, 4.69) is 18.6 Å². The lowest BCUT2D eigenvalue weighted by Crippen LogP contribution is -2.28. The van der Waals surface area contributed by atoms with Crippen molar-refractivity contribution >= 4 is 12.0 Å². The number of benzene rings is 1. The Hall–Kier alpha value is -1.71. The number of esters is 1. The fourth-order valence-corrected chi connectivity index (χ4v) is 1.49. The maximum atomic E-state index is 13.3. The standard InChI is InChI=1S/C15H18F2O2/c1-4-19-14(18)15(16,17)10-9-12-5-7-13(8-6-12)11(2)3/h5-11H,4H2,1-3H3/b10-9-. The molecule has 0 aliphatic heterocycles. The summed E-state index contributed by atoms with van der Waals surface area (Å²) in [6.45, 7) is 5.53. The minimum Gasteiger partial charge on any atom is -0.461 e. The van der Waals surface area contributed by atoms with E-state index in [1.807, 2.05) is 12.1 Å². The predicted molar refractivity (Wildman–Crippen MR) is 71.1 cm³/mol. The first-order valence-electron chi connectivity index (χ1n) is 6.21. The highest BCUT2D eigenvalue weighted by atomic mass is 19.3. The maximum absolute atomic E-state index is 13.3.